The summed E-state index contributed by atoms with van der Waals surface area (Å²) in [5.41, 5.74) is 7.73. The van der Waals surface area contributed by atoms with Gasteiger partial charge in [0.05, 0.1) is 21.9 Å². The Balaban J connectivity index is 0.00000480. The molecule has 0 N–H and O–H groups in total. The van der Waals surface area contributed by atoms with Crippen LogP contribution < -0.4 is 56.0 Å². The van der Waals surface area contributed by atoms with Gasteiger partial charge in [0, 0.05) is 22.6 Å². The summed E-state index contributed by atoms with van der Waals surface area (Å²) in [6, 6.07) is 19.9. The summed E-state index contributed by atoms with van der Waals surface area (Å²) in [7, 11) is -8.73. The van der Waals surface area contributed by atoms with E-state index in [1.165, 1.54) is 16.7 Å². The number of oxazole rings is 1. The van der Waals surface area contributed by atoms with Crippen LogP contribution in [0, 0.1) is 13.8 Å². The predicted octanol–water partition coefficient (Wildman–Crippen LogP) is 3.84. The normalized spacial score (nSPS) is 16.2. The molecule has 0 amide bonds. The van der Waals surface area contributed by atoms with Gasteiger partial charge in [-0.05, 0) is 89.6 Å². The Bertz CT molecular complexity index is 2000. The maximum absolute atomic E-state index is 11.6. The fourth-order valence-corrected chi connectivity index (χ4v) is 7.99. The quantitative estimate of drug-likeness (QED) is 0.0941. The number of hydrogen-bond acceptors (Lipinski definition) is 8. The average molecular weight is 706 g/mol. The van der Waals surface area contributed by atoms with Crippen molar-refractivity contribution in [2.24, 2.45) is 0 Å². The summed E-state index contributed by atoms with van der Waals surface area (Å²) in [6.07, 6.45) is 6.29. The molecule has 0 saturated heterocycles. The molecule has 0 fully saturated rings. The first-order valence-electron chi connectivity index (χ1n) is 14.9. The van der Waals surface area contributed by atoms with E-state index in [-0.39, 0.29) is 69.6 Å². The van der Waals surface area contributed by atoms with Gasteiger partial charge >= 0.3 is 57.3 Å². The molecule has 4 aromatic rings. The topological polar surface area (TPSA) is 131 Å². The van der Waals surface area contributed by atoms with E-state index in [2.05, 4.69) is 32.1 Å². The fraction of sp³-hybridized carbons (Fsp3) is 0.324. The van der Waals surface area contributed by atoms with Gasteiger partial charge in [-0.15, -0.1) is 0 Å². The van der Waals surface area contributed by atoms with Crippen molar-refractivity contribution in [3.63, 3.8) is 0 Å². The summed E-state index contributed by atoms with van der Waals surface area (Å²) >= 11 is 1.69. The minimum Gasteiger partial charge on any atom is -0.748 e. The molecular weight excluding hydrogens is 670 g/mol. The van der Waals surface area contributed by atoms with Gasteiger partial charge in [-0.2, -0.15) is 4.57 Å². The first kappa shape index (κ1) is 37.2. The van der Waals surface area contributed by atoms with Crippen molar-refractivity contribution in [2.75, 3.05) is 11.5 Å². The number of thioether (sulfide) groups is 1. The van der Waals surface area contributed by atoms with Gasteiger partial charge in [-0.3, -0.25) is 0 Å². The predicted molar refractivity (Wildman–Crippen MR) is 176 cm³/mol. The maximum Gasteiger partial charge on any atom is 1.00 e. The molecule has 2 heterocycles. The Labute approximate surface area is 318 Å². The summed E-state index contributed by atoms with van der Waals surface area (Å²) in [4.78, 5) is 2.28. The van der Waals surface area contributed by atoms with E-state index in [1.54, 1.807) is 16.3 Å². The standard InChI is InChI=1S/C34H37NO7S3.K/c1-4-25(20-33-28(12-8-9-16-44(36,37)38)29-18-23(2)24(3)19-32(29)43-33)21-34-35(15-17-45(39,40)41)30-22-27(13-14-31(30)42-34)26-10-6-5-7-11-26;/h5-7,10-11,13-14,18-22,28H,4,8-9,12,15-17H2,1-3H3,(H-,36,37,38,39,40,41);/q;+1/p-1. The molecule has 12 heteroatoms. The molecule has 0 saturated carbocycles. The zero-order valence-corrected chi connectivity index (χ0v) is 32.1. The van der Waals surface area contributed by atoms with Crippen LogP contribution in [-0.4, -0.2) is 37.4 Å². The third kappa shape index (κ3) is 9.52. The molecule has 1 unspecified atom stereocenters. The molecule has 0 radical (unpaired) electrons. The Kier molecular flexibility index (Phi) is 12.8. The Hall–Kier alpha value is -1.58. The molecule has 1 aliphatic heterocycles. The van der Waals surface area contributed by atoms with Gasteiger partial charge in [0.15, 0.2) is 6.54 Å². The number of hydrogen-bond donors (Lipinski definition) is 0. The van der Waals surface area contributed by atoms with Gasteiger partial charge in [-0.1, -0.05) is 67.6 Å². The van der Waals surface area contributed by atoms with Gasteiger partial charge in [0.2, 0.25) is 5.58 Å². The zero-order valence-electron chi connectivity index (χ0n) is 26.5. The Morgan fingerprint density at radius 2 is 1.61 bits per heavy atom. The second-order valence-electron chi connectivity index (χ2n) is 11.4. The van der Waals surface area contributed by atoms with Crippen molar-refractivity contribution < 1.29 is 86.3 Å². The molecule has 5 rings (SSSR count). The number of fused-ring (bicyclic) bond motifs is 2. The molecule has 238 valence electrons. The van der Waals surface area contributed by atoms with Crippen LogP contribution in [0.15, 0.2) is 86.5 Å². The van der Waals surface area contributed by atoms with Crippen LogP contribution in [0.5, 0.6) is 0 Å². The Morgan fingerprint density at radius 1 is 0.913 bits per heavy atom. The molecular formula is C34H36KNO7S3. The van der Waals surface area contributed by atoms with E-state index in [0.717, 1.165) is 26.5 Å². The van der Waals surface area contributed by atoms with E-state index in [1.807, 2.05) is 61.5 Å². The maximum atomic E-state index is 11.6. The zero-order chi connectivity index (χ0) is 32.4. The molecule has 1 aromatic heterocycles. The number of benzene rings is 3. The number of aryl methyl sites for hydroxylation is 3. The Morgan fingerprint density at radius 3 is 2.28 bits per heavy atom. The first-order valence-corrected chi connectivity index (χ1v) is 18.9. The smallest absolute Gasteiger partial charge is 0.748 e. The number of aromatic nitrogens is 1. The van der Waals surface area contributed by atoms with Crippen LogP contribution in [-0.2, 0) is 26.8 Å². The van der Waals surface area contributed by atoms with Crippen molar-refractivity contribution in [2.45, 2.75) is 63.8 Å². The third-order valence-electron chi connectivity index (χ3n) is 8.16. The van der Waals surface area contributed by atoms with Crippen LogP contribution in [0.2, 0.25) is 0 Å². The SMILES string of the molecule is CCC(=Cc1oc2ccc(-c3ccccc3)cc2[n+]1CCS(=O)(=O)[O-])C=C1Sc2cc(C)c(C)cc2C1CCCCS(=O)(=O)[O-].[K+]. The summed E-state index contributed by atoms with van der Waals surface area (Å²) < 4.78 is 76.5. The van der Waals surface area contributed by atoms with E-state index in [9.17, 15) is 25.9 Å². The molecule has 0 spiro atoms. The second kappa shape index (κ2) is 15.8. The second-order valence-corrected chi connectivity index (χ2v) is 15.6. The van der Waals surface area contributed by atoms with Gasteiger partial charge < -0.3 is 13.5 Å². The molecule has 1 atom stereocenters. The fourth-order valence-electron chi connectivity index (χ4n) is 5.62. The molecule has 8 nitrogen and oxygen atoms in total. The van der Waals surface area contributed by atoms with Crippen molar-refractivity contribution in [3.05, 3.63) is 99.8 Å². The first-order chi connectivity index (χ1) is 21.3. The number of nitrogens with zero attached hydrogens (tertiary/aromatic N) is 1. The number of allylic oxidation sites excluding steroid dienone is 3. The summed E-state index contributed by atoms with van der Waals surface area (Å²) in [5.74, 6) is -0.452. The van der Waals surface area contributed by atoms with Crippen molar-refractivity contribution in [3.8, 4) is 11.1 Å². The van der Waals surface area contributed by atoms with Crippen molar-refractivity contribution >= 4 is 49.2 Å². The van der Waals surface area contributed by atoms with E-state index in [0.29, 0.717) is 42.7 Å². The van der Waals surface area contributed by atoms with Crippen LogP contribution in [0.1, 0.15) is 61.1 Å². The summed E-state index contributed by atoms with van der Waals surface area (Å²) in [5, 5.41) is 0. The largest absolute Gasteiger partial charge is 1.00 e. The van der Waals surface area contributed by atoms with Crippen molar-refractivity contribution in [1.29, 1.82) is 0 Å². The van der Waals surface area contributed by atoms with Gasteiger partial charge in [-0.25, -0.2) is 16.8 Å². The van der Waals surface area contributed by atoms with Crippen molar-refractivity contribution in [1.82, 2.24) is 0 Å². The van der Waals surface area contributed by atoms with Crippen LogP contribution in [0.3, 0.4) is 0 Å². The van der Waals surface area contributed by atoms with Gasteiger partial charge in [0.25, 0.3) is 5.52 Å². The number of unbranched alkanes of at least 4 members (excludes halogenated alkanes) is 1. The monoisotopic (exact) mass is 705 g/mol. The van der Waals surface area contributed by atoms with E-state index >= 15 is 0 Å². The average Bonchev–Trinajstić information content (AvgIpc) is 3.49. The molecule has 1 aliphatic rings. The molecule has 3 aromatic carbocycles. The van der Waals surface area contributed by atoms with Crippen LogP contribution in [0.25, 0.3) is 28.3 Å². The molecule has 46 heavy (non-hydrogen) atoms. The molecule has 0 aliphatic carbocycles. The van der Waals surface area contributed by atoms with Crippen LogP contribution >= 0.6 is 11.8 Å². The van der Waals surface area contributed by atoms with Crippen LogP contribution in [0.4, 0.5) is 0 Å². The molecule has 0 bridgehead atoms. The van der Waals surface area contributed by atoms with E-state index < -0.39 is 26.0 Å². The summed E-state index contributed by atoms with van der Waals surface area (Å²) in [6.45, 7) is 6.13. The minimum absolute atomic E-state index is 0. The van der Waals surface area contributed by atoms with Gasteiger partial charge in [0.1, 0.15) is 10.1 Å². The minimum atomic E-state index is -4.47. The number of rotatable bonds is 12. The third-order valence-corrected chi connectivity index (χ3v) is 10.8. The van der Waals surface area contributed by atoms with E-state index in [4.69, 9.17) is 4.42 Å².